The van der Waals surface area contributed by atoms with E-state index < -0.39 is 11.8 Å². The van der Waals surface area contributed by atoms with E-state index in [0.717, 1.165) is 16.7 Å². The lowest BCUT2D eigenvalue weighted by atomic mass is 10.0. The van der Waals surface area contributed by atoms with Gasteiger partial charge in [0.1, 0.15) is 5.82 Å². The number of aryl methyl sites for hydroxylation is 2. The highest BCUT2D eigenvalue weighted by molar-refractivity contribution is 7.16. The zero-order valence-electron chi connectivity index (χ0n) is 13.8. The third kappa shape index (κ3) is 3.85. The second-order valence-corrected chi connectivity index (χ2v) is 6.85. The summed E-state index contributed by atoms with van der Waals surface area (Å²) in [7, 11) is 0. The maximum Gasteiger partial charge on any atom is 0.188 e. The molecule has 0 aliphatic carbocycles. The Labute approximate surface area is 149 Å². The third-order valence-electron chi connectivity index (χ3n) is 3.77. The molecule has 0 radical (unpaired) electrons. The van der Waals surface area contributed by atoms with Crippen LogP contribution in [0, 0.1) is 19.7 Å². The molecule has 0 saturated heterocycles. The molecule has 6 heteroatoms. The zero-order valence-corrected chi connectivity index (χ0v) is 14.6. The van der Waals surface area contributed by atoms with Crippen molar-refractivity contribution in [3.05, 3.63) is 64.3 Å². The Hall–Kier alpha value is -2.73. The summed E-state index contributed by atoms with van der Waals surface area (Å²) >= 11 is 1.19. The third-order valence-corrected chi connectivity index (χ3v) is 4.74. The first kappa shape index (κ1) is 17.1. The van der Waals surface area contributed by atoms with Gasteiger partial charge in [-0.2, -0.15) is 0 Å². The normalized spacial score (nSPS) is 10.7. The van der Waals surface area contributed by atoms with Crippen LogP contribution in [0.15, 0.2) is 42.5 Å². The molecule has 128 valence electrons. The van der Waals surface area contributed by atoms with Crippen LogP contribution in [0.3, 0.4) is 0 Å². The Bertz CT molecular complexity index is 937. The van der Waals surface area contributed by atoms with E-state index in [1.807, 2.05) is 32.0 Å². The fraction of sp³-hybridized carbons (Fsp3) is 0.158. The predicted octanol–water partition coefficient (Wildman–Crippen LogP) is 3.60. The van der Waals surface area contributed by atoms with Crippen LogP contribution in [0.1, 0.15) is 16.0 Å². The van der Waals surface area contributed by atoms with Gasteiger partial charge in [-0.1, -0.05) is 29.8 Å². The second-order valence-electron chi connectivity index (χ2n) is 5.76. The average molecular weight is 355 g/mol. The number of nitrogens with one attached hydrogen (secondary N) is 1. The molecule has 0 aliphatic rings. The standard InChI is InChI=1S/C19H17FN2O2S/c1-11-7-8-12(2)13(9-11)18-16(10-17(23)24)25-19(22-18)21-15-6-4-3-5-14(15)20/h3-9H,10H2,1-2H3,(H,21,22)(H,23,24)/p-1. The van der Waals surface area contributed by atoms with Gasteiger partial charge >= 0.3 is 0 Å². The van der Waals surface area contributed by atoms with Gasteiger partial charge in [0.05, 0.1) is 11.4 Å². The highest BCUT2D eigenvalue weighted by Crippen LogP contribution is 2.35. The van der Waals surface area contributed by atoms with Crippen molar-refractivity contribution in [3.8, 4) is 11.3 Å². The topological polar surface area (TPSA) is 65.0 Å². The van der Waals surface area contributed by atoms with Crippen molar-refractivity contribution in [3.63, 3.8) is 0 Å². The van der Waals surface area contributed by atoms with E-state index in [4.69, 9.17) is 0 Å². The first-order chi connectivity index (χ1) is 11.9. The molecule has 1 heterocycles. The first-order valence-corrected chi connectivity index (χ1v) is 8.54. The summed E-state index contributed by atoms with van der Waals surface area (Å²) in [6.07, 6.45) is -0.237. The summed E-state index contributed by atoms with van der Waals surface area (Å²) < 4.78 is 13.8. The number of rotatable bonds is 5. The van der Waals surface area contributed by atoms with E-state index >= 15 is 0 Å². The Kier molecular flexibility index (Phi) is 4.81. The van der Waals surface area contributed by atoms with Crippen LogP contribution in [0.5, 0.6) is 0 Å². The number of aromatic nitrogens is 1. The molecule has 2 aromatic carbocycles. The highest BCUT2D eigenvalue weighted by Gasteiger charge is 2.16. The smallest absolute Gasteiger partial charge is 0.188 e. The minimum Gasteiger partial charge on any atom is -0.550 e. The minimum absolute atomic E-state index is 0.237. The van der Waals surface area contributed by atoms with E-state index in [9.17, 15) is 14.3 Å². The molecule has 0 amide bonds. The van der Waals surface area contributed by atoms with Crippen molar-refractivity contribution in [1.82, 2.24) is 4.98 Å². The van der Waals surface area contributed by atoms with Crippen LogP contribution in [0.25, 0.3) is 11.3 Å². The quantitative estimate of drug-likeness (QED) is 0.759. The summed E-state index contributed by atoms with van der Waals surface area (Å²) in [4.78, 5) is 16.2. The highest BCUT2D eigenvalue weighted by atomic mass is 32.1. The Morgan fingerprint density at radius 3 is 2.72 bits per heavy atom. The number of halogens is 1. The van der Waals surface area contributed by atoms with Crippen LogP contribution in [-0.4, -0.2) is 11.0 Å². The van der Waals surface area contributed by atoms with Gasteiger partial charge in [-0.25, -0.2) is 9.37 Å². The van der Waals surface area contributed by atoms with Gasteiger partial charge in [0.2, 0.25) is 0 Å². The van der Waals surface area contributed by atoms with Crippen molar-refractivity contribution >= 4 is 28.1 Å². The number of carboxylic acid groups (broad SMARTS) is 1. The summed E-state index contributed by atoms with van der Waals surface area (Å²) in [6.45, 7) is 3.91. The van der Waals surface area contributed by atoms with E-state index in [1.165, 1.54) is 17.4 Å². The van der Waals surface area contributed by atoms with Gasteiger partial charge in [0.15, 0.2) is 5.13 Å². The molecular formula is C19H16FN2O2S-. The van der Waals surface area contributed by atoms with Gasteiger partial charge in [0.25, 0.3) is 0 Å². The number of benzene rings is 2. The van der Waals surface area contributed by atoms with Crippen LogP contribution in [-0.2, 0) is 11.2 Å². The maximum atomic E-state index is 13.8. The van der Waals surface area contributed by atoms with E-state index in [-0.39, 0.29) is 6.42 Å². The number of carbonyl (C=O) groups is 1. The number of hydrogen-bond acceptors (Lipinski definition) is 5. The molecule has 0 atom stereocenters. The van der Waals surface area contributed by atoms with Gasteiger partial charge in [0, 0.05) is 22.8 Å². The van der Waals surface area contributed by atoms with Gasteiger partial charge in [-0.05, 0) is 37.6 Å². The molecule has 0 aliphatic heterocycles. The number of para-hydroxylation sites is 1. The monoisotopic (exact) mass is 355 g/mol. The summed E-state index contributed by atoms with van der Waals surface area (Å²) in [5.74, 6) is -1.57. The van der Waals surface area contributed by atoms with Gasteiger partial charge < -0.3 is 15.2 Å². The van der Waals surface area contributed by atoms with Crippen LogP contribution in [0.2, 0.25) is 0 Å². The summed E-state index contributed by atoms with van der Waals surface area (Å²) in [6, 6.07) is 12.2. The second kappa shape index (κ2) is 7.03. The first-order valence-electron chi connectivity index (χ1n) is 7.73. The minimum atomic E-state index is -1.17. The number of carbonyl (C=O) groups excluding carboxylic acids is 1. The molecule has 0 unspecified atom stereocenters. The number of anilines is 2. The van der Waals surface area contributed by atoms with E-state index in [1.54, 1.807) is 18.2 Å². The lowest BCUT2D eigenvalue weighted by molar-refractivity contribution is -0.304. The summed E-state index contributed by atoms with van der Waals surface area (Å²) in [5, 5.41) is 14.5. The summed E-state index contributed by atoms with van der Waals surface area (Å²) in [5.41, 5.74) is 3.80. The number of aliphatic carboxylic acids is 1. The van der Waals surface area contributed by atoms with Crippen molar-refractivity contribution < 1.29 is 14.3 Å². The largest absolute Gasteiger partial charge is 0.550 e. The van der Waals surface area contributed by atoms with Crippen molar-refractivity contribution in [2.45, 2.75) is 20.3 Å². The average Bonchev–Trinajstić information content (AvgIpc) is 2.93. The molecule has 3 rings (SSSR count). The molecule has 0 bridgehead atoms. The molecular weight excluding hydrogens is 339 g/mol. The maximum absolute atomic E-state index is 13.8. The van der Waals surface area contributed by atoms with Crippen LogP contribution < -0.4 is 10.4 Å². The van der Waals surface area contributed by atoms with E-state index in [2.05, 4.69) is 10.3 Å². The SMILES string of the molecule is Cc1ccc(C)c(-c2nc(Nc3ccccc3F)sc2CC(=O)[O-])c1. The predicted molar refractivity (Wildman–Crippen MR) is 95.4 cm³/mol. The molecule has 1 N–H and O–H groups in total. The molecule has 0 spiro atoms. The number of nitrogens with zero attached hydrogens (tertiary/aromatic N) is 1. The van der Waals surface area contributed by atoms with Gasteiger partial charge in [-0.3, -0.25) is 0 Å². The molecule has 25 heavy (non-hydrogen) atoms. The van der Waals surface area contributed by atoms with Crippen molar-refractivity contribution in [1.29, 1.82) is 0 Å². The number of carboxylic acids is 1. The molecule has 0 fully saturated rings. The lowest BCUT2D eigenvalue weighted by Crippen LogP contribution is -2.24. The zero-order chi connectivity index (χ0) is 18.0. The number of thiazole rings is 1. The fourth-order valence-electron chi connectivity index (χ4n) is 2.54. The van der Waals surface area contributed by atoms with Crippen LogP contribution >= 0.6 is 11.3 Å². The Balaban J connectivity index is 2.05. The molecule has 0 saturated carbocycles. The molecule has 4 nitrogen and oxygen atoms in total. The molecule has 3 aromatic rings. The van der Waals surface area contributed by atoms with Crippen molar-refractivity contribution in [2.75, 3.05) is 5.32 Å². The van der Waals surface area contributed by atoms with Crippen molar-refractivity contribution in [2.24, 2.45) is 0 Å². The fourth-order valence-corrected chi connectivity index (χ4v) is 3.51. The molecule has 1 aromatic heterocycles. The van der Waals surface area contributed by atoms with E-state index in [0.29, 0.717) is 21.4 Å². The Morgan fingerprint density at radius 2 is 2.00 bits per heavy atom. The van der Waals surface area contributed by atoms with Gasteiger partial charge in [-0.15, -0.1) is 11.3 Å². The van der Waals surface area contributed by atoms with Crippen LogP contribution in [0.4, 0.5) is 15.2 Å². The Morgan fingerprint density at radius 1 is 1.24 bits per heavy atom. The lowest BCUT2D eigenvalue weighted by Gasteiger charge is -2.07. The number of hydrogen-bond donors (Lipinski definition) is 1.